The number of hydrogen-bond donors (Lipinski definition) is 0. The second-order valence-corrected chi connectivity index (χ2v) is 6.71. The van der Waals surface area contributed by atoms with Gasteiger partial charge < -0.3 is 9.47 Å². The molecule has 0 unspecified atom stereocenters. The molecule has 0 N–H and O–H groups in total. The Kier molecular flexibility index (Phi) is 4.24. The molecule has 2 aromatic rings. The minimum absolute atomic E-state index is 0.0495. The highest BCUT2D eigenvalue weighted by atomic mass is 31.1. The van der Waals surface area contributed by atoms with Gasteiger partial charge in [0.05, 0.1) is 13.2 Å². The minimum Gasteiger partial charge on any atom is -0.350 e. The van der Waals surface area contributed by atoms with Crippen molar-refractivity contribution in [3.63, 3.8) is 0 Å². The van der Waals surface area contributed by atoms with Crippen molar-refractivity contribution < 1.29 is 9.47 Å². The predicted octanol–water partition coefficient (Wildman–Crippen LogP) is 2.49. The number of hydrogen-bond acceptors (Lipinski definition) is 2. The fourth-order valence-electron chi connectivity index (χ4n) is 2.24. The first-order valence-electron chi connectivity index (χ1n) is 6.54. The highest BCUT2D eigenvalue weighted by molar-refractivity contribution is 7.73. The smallest absolute Gasteiger partial charge is 0.162 e. The molecule has 1 saturated heterocycles. The minimum atomic E-state index is -0.412. The maximum Gasteiger partial charge on any atom is 0.162 e. The Balaban J connectivity index is 1.87. The lowest BCUT2D eigenvalue weighted by atomic mass is 10.4. The molecule has 0 radical (unpaired) electrons. The van der Waals surface area contributed by atoms with Gasteiger partial charge >= 0.3 is 0 Å². The van der Waals surface area contributed by atoms with E-state index in [2.05, 4.69) is 60.7 Å². The largest absolute Gasteiger partial charge is 0.350 e. The van der Waals surface area contributed by atoms with Crippen molar-refractivity contribution in [2.75, 3.05) is 19.4 Å². The summed E-state index contributed by atoms with van der Waals surface area (Å²) in [5.74, 6) is 0. The molecular formula is C16H17O2P. The third kappa shape index (κ3) is 3.22. The summed E-state index contributed by atoms with van der Waals surface area (Å²) in [6.07, 6.45) is 0.884. The first-order chi connectivity index (χ1) is 9.43. The van der Waals surface area contributed by atoms with Gasteiger partial charge in [0.15, 0.2) is 6.29 Å². The van der Waals surface area contributed by atoms with Gasteiger partial charge in [-0.15, -0.1) is 0 Å². The van der Waals surface area contributed by atoms with Crippen LogP contribution in [0.3, 0.4) is 0 Å². The molecule has 0 amide bonds. The van der Waals surface area contributed by atoms with Gasteiger partial charge in [0, 0.05) is 6.16 Å². The van der Waals surface area contributed by atoms with Crippen LogP contribution in [-0.2, 0) is 9.47 Å². The fraction of sp³-hybridized carbons (Fsp3) is 0.250. The number of benzene rings is 2. The molecule has 2 nitrogen and oxygen atoms in total. The molecule has 0 atom stereocenters. The average Bonchev–Trinajstić information content (AvgIpc) is 3.00. The van der Waals surface area contributed by atoms with E-state index in [4.69, 9.17) is 9.47 Å². The summed E-state index contributed by atoms with van der Waals surface area (Å²) >= 11 is 0. The standard InChI is InChI=1S/C16H17O2P/c1-3-7-14(8-4-1)19(13-16-17-11-12-18-16)15-9-5-2-6-10-15/h1-10,16H,11-13H2. The van der Waals surface area contributed by atoms with E-state index in [1.54, 1.807) is 0 Å². The van der Waals surface area contributed by atoms with Gasteiger partial charge in [0.2, 0.25) is 0 Å². The zero-order chi connectivity index (χ0) is 12.9. The topological polar surface area (TPSA) is 18.5 Å². The lowest BCUT2D eigenvalue weighted by molar-refractivity contribution is -0.0220. The molecule has 3 rings (SSSR count). The normalized spacial score (nSPS) is 16.1. The number of rotatable bonds is 4. The van der Waals surface area contributed by atoms with E-state index in [-0.39, 0.29) is 6.29 Å². The van der Waals surface area contributed by atoms with Crippen LogP contribution < -0.4 is 10.6 Å². The van der Waals surface area contributed by atoms with Crippen LogP contribution in [0.5, 0.6) is 0 Å². The fourth-order valence-corrected chi connectivity index (χ4v) is 4.53. The van der Waals surface area contributed by atoms with Gasteiger partial charge in [0.25, 0.3) is 0 Å². The second-order valence-electron chi connectivity index (χ2n) is 4.45. The predicted molar refractivity (Wildman–Crippen MR) is 79.6 cm³/mol. The summed E-state index contributed by atoms with van der Waals surface area (Å²) in [5, 5.41) is 2.76. The van der Waals surface area contributed by atoms with E-state index >= 15 is 0 Å². The van der Waals surface area contributed by atoms with E-state index in [0.29, 0.717) is 0 Å². The van der Waals surface area contributed by atoms with Gasteiger partial charge in [-0.05, 0) is 18.5 Å². The third-order valence-corrected chi connectivity index (χ3v) is 5.66. The molecule has 1 fully saturated rings. The van der Waals surface area contributed by atoms with Crippen LogP contribution in [0.25, 0.3) is 0 Å². The molecule has 1 heterocycles. The first-order valence-corrected chi connectivity index (χ1v) is 8.07. The lowest BCUT2D eigenvalue weighted by Crippen LogP contribution is -2.22. The van der Waals surface area contributed by atoms with Gasteiger partial charge in [-0.1, -0.05) is 60.7 Å². The Morgan fingerprint density at radius 1 is 0.789 bits per heavy atom. The monoisotopic (exact) mass is 272 g/mol. The molecule has 3 heteroatoms. The first kappa shape index (κ1) is 12.8. The molecule has 1 aliphatic heterocycles. The van der Waals surface area contributed by atoms with Gasteiger partial charge in [0.1, 0.15) is 0 Å². The second kappa shape index (κ2) is 6.29. The Morgan fingerprint density at radius 2 is 1.26 bits per heavy atom. The van der Waals surface area contributed by atoms with Crippen LogP contribution in [0, 0.1) is 0 Å². The summed E-state index contributed by atoms with van der Waals surface area (Å²) in [7, 11) is -0.412. The zero-order valence-electron chi connectivity index (χ0n) is 10.7. The van der Waals surface area contributed by atoms with Crippen molar-refractivity contribution >= 4 is 18.5 Å². The Labute approximate surface area is 115 Å². The van der Waals surface area contributed by atoms with Gasteiger partial charge in [-0.25, -0.2) is 0 Å². The highest BCUT2D eigenvalue weighted by Crippen LogP contribution is 2.35. The van der Waals surface area contributed by atoms with E-state index < -0.39 is 7.92 Å². The Morgan fingerprint density at radius 3 is 1.74 bits per heavy atom. The van der Waals surface area contributed by atoms with Crippen LogP contribution in [0.1, 0.15) is 0 Å². The summed E-state index contributed by atoms with van der Waals surface area (Å²) in [6, 6.07) is 21.3. The van der Waals surface area contributed by atoms with Crippen LogP contribution in [0.4, 0.5) is 0 Å². The maximum absolute atomic E-state index is 5.62. The Bertz CT molecular complexity index is 455. The summed E-state index contributed by atoms with van der Waals surface area (Å²) in [6.45, 7) is 1.44. The molecule has 0 bridgehead atoms. The van der Waals surface area contributed by atoms with E-state index in [0.717, 1.165) is 19.4 Å². The number of ether oxygens (including phenoxy) is 2. The molecule has 98 valence electrons. The molecule has 0 saturated carbocycles. The van der Waals surface area contributed by atoms with Gasteiger partial charge in [-0.2, -0.15) is 0 Å². The molecular weight excluding hydrogens is 255 g/mol. The van der Waals surface area contributed by atoms with Crippen LogP contribution in [0.15, 0.2) is 60.7 Å². The van der Waals surface area contributed by atoms with Crippen LogP contribution in [0.2, 0.25) is 0 Å². The average molecular weight is 272 g/mol. The molecule has 2 aromatic carbocycles. The maximum atomic E-state index is 5.62. The molecule has 0 spiro atoms. The third-order valence-electron chi connectivity index (χ3n) is 3.16. The van der Waals surface area contributed by atoms with Crippen LogP contribution in [-0.4, -0.2) is 25.7 Å². The molecule has 19 heavy (non-hydrogen) atoms. The van der Waals surface area contributed by atoms with Crippen molar-refractivity contribution in [3.8, 4) is 0 Å². The molecule has 0 aromatic heterocycles. The van der Waals surface area contributed by atoms with Crippen LogP contribution >= 0.6 is 7.92 Å². The van der Waals surface area contributed by atoms with E-state index in [1.165, 1.54) is 10.6 Å². The van der Waals surface area contributed by atoms with Crippen molar-refractivity contribution in [1.82, 2.24) is 0 Å². The lowest BCUT2D eigenvalue weighted by Gasteiger charge is -2.21. The Hall–Kier alpha value is -1.21. The van der Waals surface area contributed by atoms with Crippen molar-refractivity contribution in [2.45, 2.75) is 6.29 Å². The molecule has 0 aliphatic carbocycles. The summed E-state index contributed by atoms with van der Waals surface area (Å²) < 4.78 is 11.2. The van der Waals surface area contributed by atoms with E-state index in [9.17, 15) is 0 Å². The quantitative estimate of drug-likeness (QED) is 0.796. The zero-order valence-corrected chi connectivity index (χ0v) is 11.6. The van der Waals surface area contributed by atoms with Gasteiger partial charge in [-0.3, -0.25) is 0 Å². The van der Waals surface area contributed by atoms with Crippen molar-refractivity contribution in [2.24, 2.45) is 0 Å². The van der Waals surface area contributed by atoms with Crippen molar-refractivity contribution in [3.05, 3.63) is 60.7 Å². The SMILES string of the molecule is c1ccc(P(CC2OCCO2)c2ccccc2)cc1. The summed E-state index contributed by atoms with van der Waals surface area (Å²) in [5.41, 5.74) is 0. The highest BCUT2D eigenvalue weighted by Gasteiger charge is 2.23. The van der Waals surface area contributed by atoms with Crippen molar-refractivity contribution in [1.29, 1.82) is 0 Å². The van der Waals surface area contributed by atoms with E-state index in [1.807, 2.05) is 0 Å². The summed E-state index contributed by atoms with van der Waals surface area (Å²) in [4.78, 5) is 0. The molecule has 1 aliphatic rings.